The standard InChI is InChI=1S/C28H33F3N2O6S/c1-38-26-13-10-20(16-27(26)39-2)23(11-9-19-6-4-5-7-22(19)28(29,30)31)32-17-21(34)14-18-8-12-25(35)24(15-18)33-40(3,36)37/h4-8,10,12-13,15-16,21,23,32-35H,9,11,14,17H2,1-3H3. The molecule has 0 fully saturated rings. The molecular formula is C28H33F3N2O6S. The highest BCUT2D eigenvalue weighted by atomic mass is 32.2. The molecule has 0 saturated heterocycles. The number of phenolic OH excluding ortho intramolecular Hbond substituents is 1. The third-order valence-electron chi connectivity index (χ3n) is 6.26. The first-order valence-electron chi connectivity index (χ1n) is 12.4. The van der Waals surface area contributed by atoms with E-state index < -0.39 is 33.9 Å². The molecule has 0 heterocycles. The van der Waals surface area contributed by atoms with Crippen molar-refractivity contribution in [1.82, 2.24) is 5.32 Å². The Morgan fingerprint density at radius 3 is 2.33 bits per heavy atom. The average Bonchev–Trinajstić information content (AvgIpc) is 2.89. The summed E-state index contributed by atoms with van der Waals surface area (Å²) in [5.41, 5.74) is 0.773. The summed E-state index contributed by atoms with van der Waals surface area (Å²) in [7, 11) is -0.642. The van der Waals surface area contributed by atoms with Gasteiger partial charge in [0, 0.05) is 12.6 Å². The number of aliphatic hydroxyl groups excluding tert-OH is 1. The van der Waals surface area contributed by atoms with E-state index in [0.717, 1.165) is 17.9 Å². The summed E-state index contributed by atoms with van der Waals surface area (Å²) in [6.07, 6.45) is -3.91. The Morgan fingerprint density at radius 1 is 0.975 bits per heavy atom. The molecule has 8 nitrogen and oxygen atoms in total. The number of anilines is 1. The molecule has 0 aliphatic rings. The Bertz CT molecular complexity index is 1400. The van der Waals surface area contributed by atoms with Gasteiger partial charge in [0.1, 0.15) is 5.75 Å². The molecule has 0 aliphatic heterocycles. The second-order valence-electron chi connectivity index (χ2n) is 9.35. The molecule has 0 aromatic heterocycles. The van der Waals surface area contributed by atoms with Gasteiger partial charge in [-0.2, -0.15) is 13.2 Å². The molecule has 0 spiro atoms. The van der Waals surface area contributed by atoms with Crippen LogP contribution in [-0.4, -0.2) is 51.8 Å². The van der Waals surface area contributed by atoms with Crippen LogP contribution in [0, 0.1) is 0 Å². The molecule has 4 N–H and O–H groups in total. The van der Waals surface area contributed by atoms with Crippen molar-refractivity contribution in [3.63, 3.8) is 0 Å². The van der Waals surface area contributed by atoms with Crippen LogP contribution in [-0.2, 0) is 29.0 Å². The van der Waals surface area contributed by atoms with Gasteiger partial charge in [0.05, 0.1) is 37.8 Å². The molecule has 0 amide bonds. The predicted octanol–water partition coefficient (Wildman–Crippen LogP) is 4.67. The van der Waals surface area contributed by atoms with Crippen molar-refractivity contribution < 1.29 is 41.3 Å². The van der Waals surface area contributed by atoms with E-state index >= 15 is 0 Å². The van der Waals surface area contributed by atoms with E-state index in [1.165, 1.54) is 38.5 Å². The molecule has 0 radical (unpaired) electrons. The lowest BCUT2D eigenvalue weighted by Gasteiger charge is -2.23. The van der Waals surface area contributed by atoms with Gasteiger partial charge >= 0.3 is 6.18 Å². The van der Waals surface area contributed by atoms with E-state index in [-0.39, 0.29) is 42.8 Å². The molecule has 2 unspecified atom stereocenters. The fourth-order valence-corrected chi connectivity index (χ4v) is 4.95. The van der Waals surface area contributed by atoms with Crippen LogP contribution in [0.25, 0.3) is 0 Å². The van der Waals surface area contributed by atoms with Crippen molar-refractivity contribution in [2.45, 2.75) is 37.6 Å². The SMILES string of the molecule is COc1ccc(C(CCc2ccccc2C(F)(F)F)NCC(O)Cc2ccc(O)c(NS(C)(=O)=O)c2)cc1OC. The maximum absolute atomic E-state index is 13.6. The van der Waals surface area contributed by atoms with E-state index in [1.807, 2.05) is 0 Å². The van der Waals surface area contributed by atoms with Gasteiger partial charge in [0.25, 0.3) is 0 Å². The summed E-state index contributed by atoms with van der Waals surface area (Å²) in [6, 6.07) is 14.5. The normalized spacial score (nSPS) is 13.5. The van der Waals surface area contributed by atoms with Gasteiger partial charge in [0.2, 0.25) is 10.0 Å². The number of aryl methyl sites for hydroxylation is 1. The third kappa shape index (κ3) is 8.77. The topological polar surface area (TPSA) is 117 Å². The summed E-state index contributed by atoms with van der Waals surface area (Å²) in [4.78, 5) is 0. The van der Waals surface area contributed by atoms with Crippen molar-refractivity contribution in [1.29, 1.82) is 0 Å². The highest BCUT2D eigenvalue weighted by Gasteiger charge is 2.33. The fourth-order valence-electron chi connectivity index (χ4n) is 4.39. The molecule has 12 heteroatoms. The lowest BCUT2D eigenvalue weighted by atomic mass is 9.95. The number of halogens is 3. The van der Waals surface area contributed by atoms with Gasteiger partial charge in [-0.25, -0.2) is 8.42 Å². The maximum Gasteiger partial charge on any atom is 0.416 e. The highest BCUT2D eigenvalue weighted by Crippen LogP contribution is 2.35. The van der Waals surface area contributed by atoms with Crippen LogP contribution in [0.3, 0.4) is 0 Å². The maximum atomic E-state index is 13.6. The van der Waals surface area contributed by atoms with E-state index in [2.05, 4.69) is 10.0 Å². The number of ether oxygens (including phenoxy) is 2. The highest BCUT2D eigenvalue weighted by molar-refractivity contribution is 7.92. The average molecular weight is 583 g/mol. The second kappa shape index (κ2) is 13.2. The first-order valence-corrected chi connectivity index (χ1v) is 14.3. The van der Waals surface area contributed by atoms with Gasteiger partial charge < -0.3 is 25.0 Å². The quantitative estimate of drug-likeness (QED) is 0.217. The lowest BCUT2D eigenvalue weighted by molar-refractivity contribution is -0.138. The Kier molecular flexibility index (Phi) is 10.3. The summed E-state index contributed by atoms with van der Waals surface area (Å²) in [5, 5.41) is 23.9. The van der Waals surface area contributed by atoms with E-state index in [1.54, 1.807) is 30.3 Å². The van der Waals surface area contributed by atoms with Crippen molar-refractivity contribution in [3.05, 3.63) is 82.9 Å². The summed E-state index contributed by atoms with van der Waals surface area (Å²) >= 11 is 0. The molecule has 40 heavy (non-hydrogen) atoms. The van der Waals surface area contributed by atoms with E-state index in [0.29, 0.717) is 17.1 Å². The van der Waals surface area contributed by atoms with Crippen molar-refractivity contribution >= 4 is 15.7 Å². The van der Waals surface area contributed by atoms with Crippen LogP contribution in [0.5, 0.6) is 17.2 Å². The summed E-state index contributed by atoms with van der Waals surface area (Å²) in [5.74, 6) is 0.700. The Hall–Kier alpha value is -3.48. The van der Waals surface area contributed by atoms with Gasteiger partial charge in [-0.05, 0) is 66.3 Å². The monoisotopic (exact) mass is 582 g/mol. The molecule has 0 saturated carbocycles. The largest absolute Gasteiger partial charge is 0.506 e. The zero-order chi connectivity index (χ0) is 29.5. The molecule has 3 rings (SSSR count). The van der Waals surface area contributed by atoms with Gasteiger partial charge in [-0.15, -0.1) is 0 Å². The third-order valence-corrected chi connectivity index (χ3v) is 6.85. The van der Waals surface area contributed by atoms with Crippen LogP contribution >= 0.6 is 0 Å². The number of aromatic hydroxyl groups is 1. The first-order chi connectivity index (χ1) is 18.8. The minimum atomic E-state index is -4.48. The van der Waals surface area contributed by atoms with Crippen molar-refractivity contribution in [3.8, 4) is 17.2 Å². The molecular weight excluding hydrogens is 549 g/mol. The lowest BCUT2D eigenvalue weighted by Crippen LogP contribution is -2.32. The number of methoxy groups -OCH3 is 2. The number of aliphatic hydroxyl groups is 1. The van der Waals surface area contributed by atoms with E-state index in [4.69, 9.17) is 9.47 Å². The number of sulfonamides is 1. The van der Waals surface area contributed by atoms with Crippen LogP contribution in [0.15, 0.2) is 60.7 Å². The van der Waals surface area contributed by atoms with E-state index in [9.17, 15) is 31.8 Å². The van der Waals surface area contributed by atoms with Gasteiger partial charge in [-0.1, -0.05) is 30.3 Å². The number of hydrogen-bond donors (Lipinski definition) is 4. The Labute approximate surface area is 231 Å². The number of benzene rings is 3. The first kappa shape index (κ1) is 31.1. The van der Waals surface area contributed by atoms with Crippen molar-refractivity contribution in [2.24, 2.45) is 0 Å². The molecule has 0 aliphatic carbocycles. The Balaban J connectivity index is 1.79. The van der Waals surface area contributed by atoms with Crippen LogP contribution < -0.4 is 19.5 Å². The van der Waals surface area contributed by atoms with Crippen LogP contribution in [0.4, 0.5) is 18.9 Å². The van der Waals surface area contributed by atoms with Crippen molar-refractivity contribution in [2.75, 3.05) is 31.7 Å². The molecule has 218 valence electrons. The minimum Gasteiger partial charge on any atom is -0.506 e. The fraction of sp³-hybridized carbons (Fsp3) is 0.357. The van der Waals surface area contributed by atoms with Gasteiger partial charge in [-0.3, -0.25) is 4.72 Å². The van der Waals surface area contributed by atoms with Crippen LogP contribution in [0.2, 0.25) is 0 Å². The number of alkyl halides is 3. The Morgan fingerprint density at radius 2 is 1.68 bits per heavy atom. The second-order valence-corrected chi connectivity index (χ2v) is 11.1. The van der Waals surface area contributed by atoms with Crippen LogP contribution in [0.1, 0.15) is 34.7 Å². The number of hydrogen-bond acceptors (Lipinski definition) is 7. The van der Waals surface area contributed by atoms with Gasteiger partial charge in [0.15, 0.2) is 11.5 Å². The summed E-state index contributed by atoms with van der Waals surface area (Å²) in [6.45, 7) is 0.0790. The predicted molar refractivity (Wildman–Crippen MR) is 146 cm³/mol. The summed E-state index contributed by atoms with van der Waals surface area (Å²) < 4.78 is 76.7. The number of phenols is 1. The number of rotatable bonds is 13. The molecule has 3 aromatic rings. The molecule has 0 bridgehead atoms. The molecule has 2 atom stereocenters. The zero-order valence-electron chi connectivity index (χ0n) is 22.3. The molecule has 3 aromatic carbocycles. The smallest absolute Gasteiger partial charge is 0.416 e. The number of nitrogens with one attached hydrogen (secondary N) is 2. The zero-order valence-corrected chi connectivity index (χ0v) is 23.1. The minimum absolute atomic E-state index is 0.00769.